The molecule has 1 aromatic heterocycles. The lowest BCUT2D eigenvalue weighted by molar-refractivity contribution is -0.134. The molecule has 0 fully saturated rings. The van der Waals surface area contributed by atoms with Gasteiger partial charge >= 0.3 is 6.03 Å². The van der Waals surface area contributed by atoms with E-state index in [2.05, 4.69) is 10.0 Å². The quantitative estimate of drug-likeness (QED) is 0.462. The second-order valence-corrected chi connectivity index (χ2v) is 12.6. The van der Waals surface area contributed by atoms with Gasteiger partial charge in [0.05, 0.1) is 25.6 Å². The molecule has 0 spiro atoms. The fourth-order valence-corrected chi connectivity index (χ4v) is 6.09. The number of aliphatic hydroxyl groups excluding tert-OH is 1. The minimum Gasteiger partial charge on any atom is -0.488 e. The fourth-order valence-electron chi connectivity index (χ4n) is 4.04. The van der Waals surface area contributed by atoms with E-state index in [1.165, 1.54) is 6.07 Å². The van der Waals surface area contributed by atoms with Gasteiger partial charge in [0.1, 0.15) is 16.1 Å². The SMILES string of the molecule is CC(C)NC(=O)N(C)C[C@H]1Oc2ccc(NS(=O)(=O)c3cccs3)cc2CC(=O)N([C@@H](C)CO)C[C@@H]1C. The third-order valence-corrected chi connectivity index (χ3v) is 8.92. The highest BCUT2D eigenvalue weighted by molar-refractivity contribution is 7.94. The van der Waals surface area contributed by atoms with Gasteiger partial charge < -0.3 is 25.0 Å². The van der Waals surface area contributed by atoms with E-state index in [0.29, 0.717) is 23.5 Å². The average molecular weight is 553 g/mol. The summed E-state index contributed by atoms with van der Waals surface area (Å²) in [5.74, 6) is 0.0683. The Balaban J connectivity index is 1.95. The van der Waals surface area contributed by atoms with Crippen LogP contribution in [0.25, 0.3) is 0 Å². The number of rotatable bonds is 8. The average Bonchev–Trinajstić information content (AvgIpc) is 3.38. The van der Waals surface area contributed by atoms with Crippen LogP contribution in [0, 0.1) is 5.92 Å². The number of ether oxygens (including phenoxy) is 1. The molecule has 37 heavy (non-hydrogen) atoms. The normalized spacial score (nSPS) is 19.2. The van der Waals surface area contributed by atoms with Crippen LogP contribution in [0.2, 0.25) is 0 Å². The second-order valence-electron chi connectivity index (χ2n) is 9.73. The highest BCUT2D eigenvalue weighted by Gasteiger charge is 2.32. The zero-order valence-corrected chi connectivity index (χ0v) is 23.4. The Morgan fingerprint density at radius 1 is 1.30 bits per heavy atom. The Bertz CT molecular complexity index is 1190. The topological polar surface area (TPSA) is 128 Å². The minimum atomic E-state index is -3.77. The summed E-state index contributed by atoms with van der Waals surface area (Å²) in [4.78, 5) is 29.0. The first-order valence-electron chi connectivity index (χ1n) is 12.2. The number of carbonyl (C=O) groups excluding carboxylic acids is 2. The van der Waals surface area contributed by atoms with Crippen LogP contribution in [-0.4, -0.2) is 80.2 Å². The first kappa shape index (κ1) is 28.7. The third-order valence-electron chi connectivity index (χ3n) is 6.14. The van der Waals surface area contributed by atoms with Crippen LogP contribution < -0.4 is 14.8 Å². The van der Waals surface area contributed by atoms with E-state index in [0.717, 1.165) is 11.3 Å². The van der Waals surface area contributed by atoms with Gasteiger partial charge in [0, 0.05) is 36.8 Å². The lowest BCUT2D eigenvalue weighted by Crippen LogP contribution is -2.49. The number of hydrogen-bond acceptors (Lipinski definition) is 7. The van der Waals surface area contributed by atoms with Gasteiger partial charge in [0.15, 0.2) is 0 Å². The van der Waals surface area contributed by atoms with E-state index in [9.17, 15) is 23.1 Å². The number of nitrogens with one attached hydrogen (secondary N) is 2. The zero-order chi connectivity index (χ0) is 27.3. The molecule has 0 saturated carbocycles. The van der Waals surface area contributed by atoms with Crippen LogP contribution in [0.15, 0.2) is 39.9 Å². The molecule has 0 radical (unpaired) electrons. The summed E-state index contributed by atoms with van der Waals surface area (Å²) in [6, 6.07) is 7.34. The summed E-state index contributed by atoms with van der Waals surface area (Å²) in [5, 5.41) is 14.3. The largest absolute Gasteiger partial charge is 0.488 e. The van der Waals surface area contributed by atoms with Crippen molar-refractivity contribution in [2.45, 2.75) is 56.5 Å². The van der Waals surface area contributed by atoms with Crippen LogP contribution in [0.1, 0.15) is 33.3 Å². The van der Waals surface area contributed by atoms with Crippen molar-refractivity contribution >= 4 is 39.0 Å². The number of urea groups is 1. The maximum atomic E-state index is 13.3. The molecule has 12 heteroatoms. The number of fused-ring (bicyclic) bond motifs is 1. The van der Waals surface area contributed by atoms with Crippen LogP contribution in [0.3, 0.4) is 0 Å². The molecule has 3 N–H and O–H groups in total. The number of sulfonamides is 1. The summed E-state index contributed by atoms with van der Waals surface area (Å²) < 4.78 is 34.6. The molecule has 0 unspecified atom stereocenters. The molecule has 2 heterocycles. The second kappa shape index (κ2) is 12.1. The molecular weight excluding hydrogens is 516 g/mol. The highest BCUT2D eigenvalue weighted by atomic mass is 32.2. The van der Waals surface area contributed by atoms with E-state index in [1.54, 1.807) is 53.4 Å². The van der Waals surface area contributed by atoms with Crippen molar-refractivity contribution in [2.24, 2.45) is 5.92 Å². The summed E-state index contributed by atoms with van der Waals surface area (Å²) in [6.45, 7) is 7.87. The summed E-state index contributed by atoms with van der Waals surface area (Å²) in [7, 11) is -2.08. The maximum absolute atomic E-state index is 13.3. The molecule has 0 saturated heterocycles. The molecule has 1 aliphatic rings. The van der Waals surface area contributed by atoms with Gasteiger partial charge in [-0.1, -0.05) is 13.0 Å². The number of thiophene rings is 1. The van der Waals surface area contributed by atoms with E-state index < -0.39 is 22.2 Å². The molecule has 3 rings (SSSR count). The zero-order valence-electron chi connectivity index (χ0n) is 21.8. The molecule has 204 valence electrons. The molecular formula is C25H36N4O6S2. The van der Waals surface area contributed by atoms with Crippen molar-refractivity contribution in [1.82, 2.24) is 15.1 Å². The number of amides is 3. The highest BCUT2D eigenvalue weighted by Crippen LogP contribution is 2.30. The molecule has 3 atom stereocenters. The number of aliphatic hydroxyl groups is 1. The van der Waals surface area contributed by atoms with Crippen LogP contribution in [-0.2, 0) is 21.2 Å². The summed E-state index contributed by atoms with van der Waals surface area (Å²) in [6.07, 6.45) is -0.494. The lowest BCUT2D eigenvalue weighted by Gasteiger charge is -2.34. The van der Waals surface area contributed by atoms with Gasteiger partial charge in [0.2, 0.25) is 5.91 Å². The van der Waals surface area contributed by atoms with Crippen LogP contribution >= 0.6 is 11.3 Å². The number of hydrogen-bond donors (Lipinski definition) is 3. The Morgan fingerprint density at radius 3 is 2.65 bits per heavy atom. The number of nitrogens with zero attached hydrogens (tertiary/aromatic N) is 2. The smallest absolute Gasteiger partial charge is 0.317 e. The van der Waals surface area contributed by atoms with E-state index in [4.69, 9.17) is 4.74 Å². The Labute approximate surface area is 222 Å². The van der Waals surface area contributed by atoms with Gasteiger partial charge in [-0.25, -0.2) is 13.2 Å². The molecule has 1 aliphatic heterocycles. The monoisotopic (exact) mass is 552 g/mol. The number of anilines is 1. The lowest BCUT2D eigenvalue weighted by atomic mass is 10.0. The number of carbonyl (C=O) groups is 2. The standard InChI is InChI=1S/C25H36N4O6S2/c1-16(2)26-25(32)28(5)14-22-17(3)13-29(18(4)15-30)23(31)12-19-11-20(8-9-21(19)35-22)27-37(33,34)24-7-6-10-36-24/h6-11,16-18,22,27,30H,12-15H2,1-5H3,(H,26,32)/t17-,18-,22+/m0/s1. The van der Waals surface area contributed by atoms with E-state index >= 15 is 0 Å². The molecule has 3 amide bonds. The van der Waals surface area contributed by atoms with Gasteiger partial charge in [-0.15, -0.1) is 11.3 Å². The van der Waals surface area contributed by atoms with Gasteiger partial charge in [-0.3, -0.25) is 9.52 Å². The van der Waals surface area contributed by atoms with Crippen LogP contribution in [0.5, 0.6) is 5.75 Å². The maximum Gasteiger partial charge on any atom is 0.317 e. The fraction of sp³-hybridized carbons (Fsp3) is 0.520. The first-order chi connectivity index (χ1) is 17.4. The summed E-state index contributed by atoms with van der Waals surface area (Å²) >= 11 is 1.11. The van der Waals surface area contributed by atoms with Crippen molar-refractivity contribution in [3.05, 3.63) is 41.3 Å². The van der Waals surface area contributed by atoms with Crippen molar-refractivity contribution in [1.29, 1.82) is 0 Å². The van der Waals surface area contributed by atoms with Crippen molar-refractivity contribution in [2.75, 3.05) is 31.5 Å². The minimum absolute atomic E-state index is 0.0237. The molecule has 2 aromatic rings. The van der Waals surface area contributed by atoms with Gasteiger partial charge in [0.25, 0.3) is 10.0 Å². The third kappa shape index (κ3) is 7.36. The molecule has 0 aliphatic carbocycles. The Morgan fingerprint density at radius 2 is 2.03 bits per heavy atom. The predicted molar refractivity (Wildman–Crippen MR) is 143 cm³/mol. The van der Waals surface area contributed by atoms with Crippen LogP contribution in [0.4, 0.5) is 10.5 Å². The van der Waals surface area contributed by atoms with Gasteiger partial charge in [-0.2, -0.15) is 0 Å². The number of likely N-dealkylation sites (N-methyl/N-ethyl adjacent to an activating group) is 1. The predicted octanol–water partition coefficient (Wildman–Crippen LogP) is 2.75. The summed E-state index contributed by atoms with van der Waals surface area (Å²) in [5.41, 5.74) is 0.822. The number of benzene rings is 1. The molecule has 10 nitrogen and oxygen atoms in total. The molecule has 1 aromatic carbocycles. The van der Waals surface area contributed by atoms with Crippen molar-refractivity contribution < 1.29 is 27.9 Å². The Hall–Kier alpha value is -2.83. The van der Waals surface area contributed by atoms with E-state index in [1.807, 2.05) is 20.8 Å². The van der Waals surface area contributed by atoms with E-state index in [-0.39, 0.29) is 47.7 Å². The van der Waals surface area contributed by atoms with Gasteiger partial charge in [-0.05, 0) is 50.4 Å². The first-order valence-corrected chi connectivity index (χ1v) is 14.6. The molecule has 0 bridgehead atoms. The Kier molecular flexibility index (Phi) is 9.43. The van der Waals surface area contributed by atoms with Crippen molar-refractivity contribution in [3.8, 4) is 5.75 Å². The van der Waals surface area contributed by atoms with Crippen molar-refractivity contribution in [3.63, 3.8) is 0 Å².